The Morgan fingerprint density at radius 3 is 2.62 bits per heavy atom. The average molecular weight is 381 g/mol. The molecule has 2 heterocycles. The predicted octanol–water partition coefficient (Wildman–Crippen LogP) is 4.74. The number of aromatic nitrogens is 1. The summed E-state index contributed by atoms with van der Waals surface area (Å²) in [6, 6.07) is 8.68. The number of carbonyl (C=O) groups is 1. The molecule has 0 aliphatic heterocycles. The van der Waals surface area contributed by atoms with Gasteiger partial charge in [-0.05, 0) is 29.6 Å². The zero-order chi connectivity index (χ0) is 18.9. The number of hydrogen-bond donors (Lipinski definition) is 1. The van der Waals surface area contributed by atoms with Gasteiger partial charge in [0, 0.05) is 25.8 Å². The number of nitrogens with one attached hydrogen (secondary N) is 1. The van der Waals surface area contributed by atoms with Gasteiger partial charge < -0.3 is 14.7 Å². The van der Waals surface area contributed by atoms with Crippen molar-refractivity contribution in [2.24, 2.45) is 0 Å². The number of halogens is 3. The Labute approximate surface area is 151 Å². The van der Waals surface area contributed by atoms with E-state index in [2.05, 4.69) is 10.5 Å². The second-order valence-corrected chi connectivity index (χ2v) is 6.58. The SMILES string of the molecule is CN(C)c1ccc(NC(=O)c2cc(-c3cccs3)on2)c(C(F)(F)F)c1. The van der Waals surface area contributed by atoms with Crippen LogP contribution in [0.2, 0.25) is 0 Å². The second-order valence-electron chi connectivity index (χ2n) is 5.63. The molecule has 0 atom stereocenters. The van der Waals surface area contributed by atoms with E-state index in [1.54, 1.807) is 25.1 Å². The van der Waals surface area contributed by atoms with Crippen molar-refractivity contribution >= 4 is 28.6 Å². The number of carbonyl (C=O) groups excluding carboxylic acids is 1. The quantitative estimate of drug-likeness (QED) is 0.709. The van der Waals surface area contributed by atoms with Crippen molar-refractivity contribution in [3.8, 4) is 10.6 Å². The summed E-state index contributed by atoms with van der Waals surface area (Å²) in [4.78, 5) is 14.6. The third-order valence-electron chi connectivity index (χ3n) is 3.58. The topological polar surface area (TPSA) is 58.4 Å². The van der Waals surface area contributed by atoms with Gasteiger partial charge in [0.05, 0.1) is 16.1 Å². The van der Waals surface area contributed by atoms with Gasteiger partial charge in [-0.15, -0.1) is 11.3 Å². The van der Waals surface area contributed by atoms with Crippen molar-refractivity contribution in [3.63, 3.8) is 0 Å². The summed E-state index contributed by atoms with van der Waals surface area (Å²) in [6.45, 7) is 0. The van der Waals surface area contributed by atoms with Crippen LogP contribution >= 0.6 is 11.3 Å². The van der Waals surface area contributed by atoms with Crippen LogP contribution in [0.1, 0.15) is 16.1 Å². The number of hydrogen-bond acceptors (Lipinski definition) is 5. The average Bonchev–Trinajstić information content (AvgIpc) is 3.25. The third-order valence-corrected chi connectivity index (χ3v) is 4.46. The van der Waals surface area contributed by atoms with Crippen LogP contribution in [-0.4, -0.2) is 25.2 Å². The Morgan fingerprint density at radius 1 is 1.23 bits per heavy atom. The van der Waals surface area contributed by atoms with Crippen molar-refractivity contribution < 1.29 is 22.5 Å². The number of thiophene rings is 1. The van der Waals surface area contributed by atoms with E-state index in [0.717, 1.165) is 10.9 Å². The molecule has 3 aromatic rings. The lowest BCUT2D eigenvalue weighted by Crippen LogP contribution is -2.18. The molecular formula is C17H14F3N3O2S. The summed E-state index contributed by atoms with van der Waals surface area (Å²) in [6.07, 6.45) is -4.61. The van der Waals surface area contributed by atoms with E-state index in [4.69, 9.17) is 4.52 Å². The smallest absolute Gasteiger partial charge is 0.378 e. The molecule has 1 aromatic carbocycles. The van der Waals surface area contributed by atoms with Crippen molar-refractivity contribution in [1.82, 2.24) is 5.16 Å². The molecule has 26 heavy (non-hydrogen) atoms. The first-order chi connectivity index (χ1) is 12.3. The lowest BCUT2D eigenvalue weighted by Gasteiger charge is -2.18. The monoisotopic (exact) mass is 381 g/mol. The highest BCUT2D eigenvalue weighted by Gasteiger charge is 2.34. The molecular weight excluding hydrogens is 367 g/mol. The zero-order valence-electron chi connectivity index (χ0n) is 13.8. The largest absolute Gasteiger partial charge is 0.418 e. The summed E-state index contributed by atoms with van der Waals surface area (Å²) in [5, 5.41) is 7.73. The highest BCUT2D eigenvalue weighted by Crippen LogP contribution is 2.37. The van der Waals surface area contributed by atoms with Crippen LogP contribution in [0.4, 0.5) is 24.5 Å². The fourth-order valence-corrected chi connectivity index (χ4v) is 2.93. The molecule has 0 spiro atoms. The van der Waals surface area contributed by atoms with E-state index in [-0.39, 0.29) is 11.4 Å². The Hall–Kier alpha value is -2.81. The van der Waals surface area contributed by atoms with E-state index in [1.807, 2.05) is 11.4 Å². The molecule has 2 aromatic heterocycles. The fraction of sp³-hybridized carbons (Fsp3) is 0.176. The molecule has 0 radical (unpaired) electrons. The number of rotatable bonds is 4. The van der Waals surface area contributed by atoms with Gasteiger partial charge in [0.2, 0.25) is 0 Å². The normalized spacial score (nSPS) is 11.4. The third kappa shape index (κ3) is 3.72. The van der Waals surface area contributed by atoms with E-state index in [1.165, 1.54) is 29.5 Å². The molecule has 3 rings (SSSR count). The summed E-state index contributed by atoms with van der Waals surface area (Å²) in [5.74, 6) is -0.399. The van der Waals surface area contributed by atoms with Gasteiger partial charge in [0.1, 0.15) is 0 Å². The Kier molecular flexibility index (Phi) is 4.73. The predicted molar refractivity (Wildman–Crippen MR) is 93.5 cm³/mol. The van der Waals surface area contributed by atoms with E-state index in [0.29, 0.717) is 11.4 Å². The summed E-state index contributed by atoms with van der Waals surface area (Å²) < 4.78 is 45.1. The van der Waals surface area contributed by atoms with Gasteiger partial charge in [-0.1, -0.05) is 11.2 Å². The lowest BCUT2D eigenvalue weighted by atomic mass is 10.1. The van der Waals surface area contributed by atoms with Gasteiger partial charge >= 0.3 is 6.18 Å². The van der Waals surface area contributed by atoms with Crippen LogP contribution in [0.3, 0.4) is 0 Å². The molecule has 0 saturated heterocycles. The van der Waals surface area contributed by atoms with Crippen molar-refractivity contribution in [2.75, 3.05) is 24.3 Å². The summed E-state index contributed by atoms with van der Waals surface area (Å²) in [5.41, 5.74) is -0.997. The summed E-state index contributed by atoms with van der Waals surface area (Å²) in [7, 11) is 3.27. The molecule has 0 unspecified atom stereocenters. The minimum absolute atomic E-state index is 0.0989. The molecule has 136 valence electrons. The van der Waals surface area contributed by atoms with Crippen LogP contribution in [0.5, 0.6) is 0 Å². The van der Waals surface area contributed by atoms with Gasteiger partial charge in [-0.25, -0.2) is 0 Å². The number of benzene rings is 1. The number of amides is 1. The highest BCUT2D eigenvalue weighted by molar-refractivity contribution is 7.13. The Morgan fingerprint density at radius 2 is 2.00 bits per heavy atom. The molecule has 1 amide bonds. The maximum atomic E-state index is 13.3. The fourth-order valence-electron chi connectivity index (χ4n) is 2.26. The van der Waals surface area contributed by atoms with Crippen molar-refractivity contribution in [1.29, 1.82) is 0 Å². The first kappa shape index (κ1) is 18.0. The molecule has 1 N–H and O–H groups in total. The summed E-state index contributed by atoms with van der Waals surface area (Å²) >= 11 is 1.40. The van der Waals surface area contributed by atoms with Crippen molar-refractivity contribution in [3.05, 3.63) is 53.0 Å². The molecule has 0 saturated carbocycles. The second kappa shape index (κ2) is 6.83. The standard InChI is InChI=1S/C17H14F3N3O2S/c1-23(2)10-5-6-12(11(8-10)17(18,19)20)21-16(24)13-9-14(25-22-13)15-4-3-7-26-15/h3-9H,1-2H3,(H,21,24). The molecule has 0 bridgehead atoms. The van der Waals surface area contributed by atoms with Gasteiger partial charge in [-0.2, -0.15) is 13.2 Å². The zero-order valence-corrected chi connectivity index (χ0v) is 14.6. The van der Waals surface area contributed by atoms with Gasteiger partial charge in [0.15, 0.2) is 11.5 Å². The molecule has 0 fully saturated rings. The number of alkyl halides is 3. The highest BCUT2D eigenvalue weighted by atomic mass is 32.1. The lowest BCUT2D eigenvalue weighted by molar-refractivity contribution is -0.136. The first-order valence-corrected chi connectivity index (χ1v) is 8.34. The van der Waals surface area contributed by atoms with E-state index < -0.39 is 17.6 Å². The van der Waals surface area contributed by atoms with Crippen LogP contribution < -0.4 is 10.2 Å². The number of anilines is 2. The van der Waals surface area contributed by atoms with Gasteiger partial charge in [0.25, 0.3) is 5.91 Å². The van der Waals surface area contributed by atoms with E-state index in [9.17, 15) is 18.0 Å². The van der Waals surface area contributed by atoms with E-state index >= 15 is 0 Å². The van der Waals surface area contributed by atoms with Crippen LogP contribution in [0.15, 0.2) is 46.3 Å². The van der Waals surface area contributed by atoms with Crippen molar-refractivity contribution in [2.45, 2.75) is 6.18 Å². The van der Waals surface area contributed by atoms with Gasteiger partial charge in [-0.3, -0.25) is 4.79 Å². The number of nitrogens with zero attached hydrogens (tertiary/aromatic N) is 2. The molecule has 5 nitrogen and oxygen atoms in total. The van der Waals surface area contributed by atoms with Crippen LogP contribution in [-0.2, 0) is 6.18 Å². The minimum Gasteiger partial charge on any atom is -0.378 e. The molecule has 0 aliphatic rings. The Bertz CT molecular complexity index is 918. The van der Waals surface area contributed by atoms with Crippen LogP contribution in [0, 0.1) is 0 Å². The minimum atomic E-state index is -4.61. The molecule has 9 heteroatoms. The Balaban J connectivity index is 1.87. The maximum Gasteiger partial charge on any atom is 0.418 e. The maximum absolute atomic E-state index is 13.3. The molecule has 0 aliphatic carbocycles. The first-order valence-electron chi connectivity index (χ1n) is 7.46. The van der Waals surface area contributed by atoms with Crippen LogP contribution in [0.25, 0.3) is 10.6 Å².